The zero-order valence-electron chi connectivity index (χ0n) is 11.4. The molecule has 0 unspecified atom stereocenters. The van der Waals surface area contributed by atoms with Crippen molar-refractivity contribution in [1.29, 1.82) is 0 Å². The highest BCUT2D eigenvalue weighted by atomic mass is 35.5. The first-order valence-electron chi connectivity index (χ1n) is 6.18. The van der Waals surface area contributed by atoms with Gasteiger partial charge in [0, 0.05) is 25.6 Å². The number of aliphatic hydroxyl groups is 1. The molecule has 3 rings (SSSR count). The number of hydrogen-bond acceptors (Lipinski definition) is 4. The predicted molar refractivity (Wildman–Crippen MR) is 76.2 cm³/mol. The van der Waals surface area contributed by atoms with Gasteiger partial charge in [-0.3, -0.25) is 0 Å². The molecule has 1 aromatic heterocycles. The molecule has 0 bridgehead atoms. The Bertz CT molecular complexity index is 610. The van der Waals surface area contributed by atoms with Gasteiger partial charge in [-0.2, -0.15) is 0 Å². The number of halogens is 1. The molecule has 2 aromatic rings. The molecule has 6 heteroatoms. The maximum atomic E-state index is 9.09. The Morgan fingerprint density at radius 2 is 2.20 bits per heavy atom. The quantitative estimate of drug-likeness (QED) is 0.925. The van der Waals surface area contributed by atoms with Gasteiger partial charge < -0.3 is 19.1 Å². The van der Waals surface area contributed by atoms with Crippen LogP contribution in [0.2, 0.25) is 0 Å². The molecular formula is C14H17ClN2O3. The number of aliphatic hydroxyl groups excluding tert-OH is 1. The average Bonchev–Trinajstić information content (AvgIpc) is 2.85. The van der Waals surface area contributed by atoms with Crippen LogP contribution in [0.3, 0.4) is 0 Å². The SMILES string of the molecule is CC1(C)OCc2cccc(-n3cnc(CO)c3)c2O1.Cl. The molecule has 5 nitrogen and oxygen atoms in total. The lowest BCUT2D eigenvalue weighted by Crippen LogP contribution is -2.35. The van der Waals surface area contributed by atoms with Gasteiger partial charge in [-0.05, 0) is 6.07 Å². The second kappa shape index (κ2) is 5.44. The van der Waals surface area contributed by atoms with Crippen LogP contribution in [-0.2, 0) is 18.0 Å². The van der Waals surface area contributed by atoms with Gasteiger partial charge in [-0.1, -0.05) is 12.1 Å². The third-order valence-electron chi connectivity index (χ3n) is 3.08. The zero-order valence-corrected chi connectivity index (χ0v) is 12.2. The summed E-state index contributed by atoms with van der Waals surface area (Å²) >= 11 is 0. The van der Waals surface area contributed by atoms with Crippen molar-refractivity contribution in [3.05, 3.63) is 42.0 Å². The third-order valence-corrected chi connectivity index (χ3v) is 3.08. The van der Waals surface area contributed by atoms with Crippen LogP contribution in [0.1, 0.15) is 25.1 Å². The zero-order chi connectivity index (χ0) is 13.5. The third kappa shape index (κ3) is 2.65. The highest BCUT2D eigenvalue weighted by Crippen LogP contribution is 2.36. The molecule has 1 aliphatic rings. The van der Waals surface area contributed by atoms with E-state index in [2.05, 4.69) is 4.98 Å². The monoisotopic (exact) mass is 296 g/mol. The minimum Gasteiger partial charge on any atom is -0.460 e. The number of fused-ring (bicyclic) bond motifs is 1. The number of para-hydroxylation sites is 1. The summed E-state index contributed by atoms with van der Waals surface area (Å²) in [6, 6.07) is 5.90. The van der Waals surface area contributed by atoms with Crippen LogP contribution in [0, 0.1) is 0 Å². The van der Waals surface area contributed by atoms with Crippen molar-refractivity contribution in [2.24, 2.45) is 0 Å². The Morgan fingerprint density at radius 1 is 1.40 bits per heavy atom. The number of rotatable bonds is 2. The Morgan fingerprint density at radius 3 is 2.90 bits per heavy atom. The first kappa shape index (κ1) is 14.8. The first-order valence-corrected chi connectivity index (χ1v) is 6.18. The Balaban J connectivity index is 0.00000147. The van der Waals surface area contributed by atoms with Gasteiger partial charge in [0.2, 0.25) is 5.79 Å². The van der Waals surface area contributed by atoms with Crippen molar-refractivity contribution >= 4 is 12.4 Å². The van der Waals surface area contributed by atoms with Crippen LogP contribution in [0.25, 0.3) is 5.69 Å². The standard InChI is InChI=1S/C14H16N2O3.ClH/c1-14(2)18-8-10-4-3-5-12(13(10)19-14)16-6-11(7-17)15-9-16;/h3-6,9,17H,7-8H2,1-2H3;1H. The fourth-order valence-electron chi connectivity index (χ4n) is 2.11. The molecule has 1 aromatic carbocycles. The van der Waals surface area contributed by atoms with Crippen molar-refractivity contribution in [1.82, 2.24) is 9.55 Å². The smallest absolute Gasteiger partial charge is 0.205 e. The molecule has 1 aliphatic heterocycles. The van der Waals surface area contributed by atoms with Crippen molar-refractivity contribution in [3.63, 3.8) is 0 Å². The van der Waals surface area contributed by atoms with E-state index in [9.17, 15) is 0 Å². The van der Waals surface area contributed by atoms with E-state index in [4.69, 9.17) is 14.6 Å². The van der Waals surface area contributed by atoms with E-state index in [0.717, 1.165) is 17.0 Å². The molecule has 1 N–H and O–H groups in total. The lowest BCUT2D eigenvalue weighted by molar-refractivity contribution is -0.180. The minimum absolute atomic E-state index is 0. The summed E-state index contributed by atoms with van der Waals surface area (Å²) in [5, 5.41) is 9.09. The van der Waals surface area contributed by atoms with E-state index in [0.29, 0.717) is 12.3 Å². The Kier molecular flexibility index (Phi) is 4.04. The van der Waals surface area contributed by atoms with E-state index < -0.39 is 5.79 Å². The topological polar surface area (TPSA) is 56.5 Å². The summed E-state index contributed by atoms with van der Waals surface area (Å²) < 4.78 is 13.4. The highest BCUT2D eigenvalue weighted by Gasteiger charge is 2.29. The molecule has 20 heavy (non-hydrogen) atoms. The van der Waals surface area contributed by atoms with E-state index >= 15 is 0 Å². The van der Waals surface area contributed by atoms with Gasteiger partial charge >= 0.3 is 0 Å². The van der Waals surface area contributed by atoms with Crippen LogP contribution < -0.4 is 4.74 Å². The molecule has 0 aliphatic carbocycles. The first-order chi connectivity index (χ1) is 9.09. The van der Waals surface area contributed by atoms with Gasteiger partial charge in [0.25, 0.3) is 0 Å². The minimum atomic E-state index is -0.635. The largest absolute Gasteiger partial charge is 0.460 e. The molecule has 0 saturated heterocycles. The van der Waals surface area contributed by atoms with Gasteiger partial charge in [-0.25, -0.2) is 4.98 Å². The lowest BCUT2D eigenvalue weighted by Gasteiger charge is -2.33. The van der Waals surface area contributed by atoms with Crippen LogP contribution in [0.15, 0.2) is 30.7 Å². The second-order valence-corrected chi connectivity index (χ2v) is 4.99. The van der Waals surface area contributed by atoms with E-state index in [1.165, 1.54) is 0 Å². The molecule has 108 valence electrons. The van der Waals surface area contributed by atoms with E-state index in [1.54, 1.807) is 12.5 Å². The summed E-state index contributed by atoms with van der Waals surface area (Å²) in [6.45, 7) is 4.23. The van der Waals surface area contributed by atoms with Crippen molar-refractivity contribution < 1.29 is 14.6 Å². The number of benzene rings is 1. The van der Waals surface area contributed by atoms with Crippen LogP contribution in [0.4, 0.5) is 0 Å². The second-order valence-electron chi connectivity index (χ2n) is 4.99. The molecule has 0 radical (unpaired) electrons. The van der Waals surface area contributed by atoms with Crippen LogP contribution in [-0.4, -0.2) is 20.4 Å². The average molecular weight is 297 g/mol. The normalized spacial score (nSPS) is 15.9. The van der Waals surface area contributed by atoms with Crippen LogP contribution in [0.5, 0.6) is 5.75 Å². The highest BCUT2D eigenvalue weighted by molar-refractivity contribution is 5.85. The van der Waals surface area contributed by atoms with E-state index in [1.807, 2.05) is 36.6 Å². The molecule has 0 spiro atoms. The number of hydrogen-bond donors (Lipinski definition) is 1. The maximum absolute atomic E-state index is 9.09. The Hall–Kier alpha value is -1.56. The van der Waals surface area contributed by atoms with Crippen molar-refractivity contribution in [2.75, 3.05) is 0 Å². The number of nitrogens with zero attached hydrogens (tertiary/aromatic N) is 2. The van der Waals surface area contributed by atoms with Gasteiger partial charge in [0.05, 0.1) is 30.9 Å². The molecule has 0 saturated carbocycles. The maximum Gasteiger partial charge on any atom is 0.205 e. The number of imidazole rings is 1. The van der Waals surface area contributed by atoms with Gasteiger partial charge in [0.1, 0.15) is 0 Å². The molecular weight excluding hydrogens is 280 g/mol. The molecule has 2 heterocycles. The summed E-state index contributed by atoms with van der Waals surface area (Å²) in [4.78, 5) is 4.12. The lowest BCUT2D eigenvalue weighted by atomic mass is 10.1. The van der Waals surface area contributed by atoms with Crippen molar-refractivity contribution in [3.8, 4) is 11.4 Å². The summed E-state index contributed by atoms with van der Waals surface area (Å²) in [7, 11) is 0. The van der Waals surface area contributed by atoms with Crippen LogP contribution >= 0.6 is 12.4 Å². The molecule has 0 atom stereocenters. The van der Waals surface area contributed by atoms with E-state index in [-0.39, 0.29) is 19.0 Å². The Labute approximate surface area is 123 Å². The van der Waals surface area contributed by atoms with Gasteiger partial charge in [-0.15, -0.1) is 12.4 Å². The number of ether oxygens (including phenoxy) is 2. The fourth-order valence-corrected chi connectivity index (χ4v) is 2.11. The number of aromatic nitrogens is 2. The summed E-state index contributed by atoms with van der Waals surface area (Å²) in [5.74, 6) is 0.171. The van der Waals surface area contributed by atoms with Crippen molar-refractivity contribution in [2.45, 2.75) is 32.8 Å². The molecule has 0 amide bonds. The summed E-state index contributed by atoms with van der Waals surface area (Å²) in [6.07, 6.45) is 3.47. The summed E-state index contributed by atoms with van der Waals surface area (Å²) in [5.41, 5.74) is 2.54. The van der Waals surface area contributed by atoms with Gasteiger partial charge in [0.15, 0.2) is 5.75 Å². The predicted octanol–water partition coefficient (Wildman–Crippen LogP) is 2.43. The fraction of sp³-hybridized carbons (Fsp3) is 0.357. The molecule has 0 fully saturated rings.